The number of carbonyl (C=O) groups is 1. The van der Waals surface area contributed by atoms with Crippen molar-refractivity contribution >= 4 is 11.7 Å². The number of nitrogens with zero attached hydrogens (tertiary/aromatic N) is 1. The maximum Gasteiger partial charge on any atom is 0.319 e. The lowest BCUT2D eigenvalue weighted by Gasteiger charge is -2.28. The molecule has 7 heteroatoms. The Balaban J connectivity index is 1.91. The summed E-state index contributed by atoms with van der Waals surface area (Å²) in [4.78, 5) is 14.6. The van der Waals surface area contributed by atoms with Crippen molar-refractivity contribution in [2.45, 2.75) is 19.9 Å². The van der Waals surface area contributed by atoms with Crippen LogP contribution < -0.4 is 15.4 Å². The van der Waals surface area contributed by atoms with Crippen LogP contribution >= 0.6 is 0 Å². The Morgan fingerprint density at radius 1 is 1.19 bits per heavy atom. The number of urea groups is 1. The van der Waals surface area contributed by atoms with Crippen molar-refractivity contribution in [2.75, 3.05) is 45.3 Å². The van der Waals surface area contributed by atoms with Crippen molar-refractivity contribution in [1.82, 2.24) is 10.2 Å². The molecule has 0 aliphatic rings. The molecule has 0 aliphatic carbocycles. The number of rotatable bonds is 11. The van der Waals surface area contributed by atoms with Gasteiger partial charge in [-0.25, -0.2) is 4.79 Å². The third-order valence-corrected chi connectivity index (χ3v) is 4.23. The number of benzene rings is 1. The Bertz CT molecular complexity index is 672. The number of furan rings is 1. The van der Waals surface area contributed by atoms with Gasteiger partial charge in [0.05, 0.1) is 18.9 Å². The van der Waals surface area contributed by atoms with Crippen molar-refractivity contribution in [3.05, 3.63) is 48.4 Å². The van der Waals surface area contributed by atoms with Gasteiger partial charge in [0.2, 0.25) is 0 Å². The Hall–Kier alpha value is -2.51. The van der Waals surface area contributed by atoms with E-state index in [1.165, 1.54) is 0 Å². The number of amides is 2. The van der Waals surface area contributed by atoms with Gasteiger partial charge in [-0.15, -0.1) is 0 Å². The van der Waals surface area contributed by atoms with E-state index in [-0.39, 0.29) is 12.1 Å². The summed E-state index contributed by atoms with van der Waals surface area (Å²) in [7, 11) is 1.62. The predicted molar refractivity (Wildman–Crippen MR) is 105 cm³/mol. The predicted octanol–water partition coefficient (Wildman–Crippen LogP) is 3.51. The zero-order valence-corrected chi connectivity index (χ0v) is 16.2. The molecule has 1 heterocycles. The van der Waals surface area contributed by atoms with Crippen LogP contribution in [0.25, 0.3) is 0 Å². The van der Waals surface area contributed by atoms with Crippen LogP contribution in [0.5, 0.6) is 5.75 Å². The molecule has 7 nitrogen and oxygen atoms in total. The molecule has 0 saturated heterocycles. The van der Waals surface area contributed by atoms with E-state index in [0.29, 0.717) is 31.2 Å². The van der Waals surface area contributed by atoms with Gasteiger partial charge < -0.3 is 24.5 Å². The van der Waals surface area contributed by atoms with Crippen molar-refractivity contribution in [3.63, 3.8) is 0 Å². The van der Waals surface area contributed by atoms with Crippen molar-refractivity contribution in [3.8, 4) is 5.75 Å². The van der Waals surface area contributed by atoms with Gasteiger partial charge in [0, 0.05) is 25.4 Å². The fourth-order valence-corrected chi connectivity index (χ4v) is 2.83. The van der Waals surface area contributed by atoms with Gasteiger partial charge in [-0.2, -0.15) is 0 Å². The van der Waals surface area contributed by atoms with Crippen LogP contribution in [0.1, 0.15) is 25.6 Å². The summed E-state index contributed by atoms with van der Waals surface area (Å²) >= 11 is 0. The molecule has 2 aromatic rings. The molecule has 1 atom stereocenters. The molecule has 2 N–H and O–H groups in total. The minimum atomic E-state index is -0.271. The van der Waals surface area contributed by atoms with E-state index in [0.717, 1.165) is 18.8 Å². The number of likely N-dealkylation sites (N-methyl/N-ethyl adjacent to an activating group) is 1. The molecule has 148 valence electrons. The molecule has 0 bridgehead atoms. The molecule has 1 unspecified atom stereocenters. The van der Waals surface area contributed by atoms with Crippen LogP contribution in [-0.4, -0.2) is 50.9 Å². The Morgan fingerprint density at radius 3 is 2.67 bits per heavy atom. The van der Waals surface area contributed by atoms with E-state index in [2.05, 4.69) is 29.4 Å². The number of nitrogens with one attached hydrogen (secondary N) is 2. The second-order valence-electron chi connectivity index (χ2n) is 5.96. The van der Waals surface area contributed by atoms with E-state index >= 15 is 0 Å². The highest BCUT2D eigenvalue weighted by Crippen LogP contribution is 2.20. The topological polar surface area (TPSA) is 76.0 Å². The molecule has 1 aromatic heterocycles. The summed E-state index contributed by atoms with van der Waals surface area (Å²) in [6, 6.07) is 10.8. The van der Waals surface area contributed by atoms with Crippen LogP contribution in [0, 0.1) is 0 Å². The number of ether oxygens (including phenoxy) is 2. The van der Waals surface area contributed by atoms with Crippen molar-refractivity contribution in [2.24, 2.45) is 0 Å². The first kappa shape index (κ1) is 20.8. The van der Waals surface area contributed by atoms with E-state index in [9.17, 15) is 4.79 Å². The quantitative estimate of drug-likeness (QED) is 0.588. The second-order valence-corrected chi connectivity index (χ2v) is 5.96. The average molecular weight is 375 g/mol. The Kier molecular flexibility index (Phi) is 8.67. The molecule has 27 heavy (non-hydrogen) atoms. The number of hydrogen-bond acceptors (Lipinski definition) is 5. The first-order valence-electron chi connectivity index (χ1n) is 9.22. The van der Waals surface area contributed by atoms with E-state index in [1.807, 2.05) is 30.3 Å². The van der Waals surface area contributed by atoms with Crippen LogP contribution in [0.15, 0.2) is 47.1 Å². The number of carbonyl (C=O) groups excluding carboxylic acids is 1. The van der Waals surface area contributed by atoms with Crippen LogP contribution in [0.4, 0.5) is 10.5 Å². The molecule has 2 rings (SSSR count). The van der Waals surface area contributed by atoms with Gasteiger partial charge in [-0.05, 0) is 37.4 Å². The normalized spacial score (nSPS) is 12.0. The van der Waals surface area contributed by atoms with E-state index < -0.39 is 0 Å². The SMILES string of the molecule is CCN(CC)C(CNC(=O)Nc1cccc(OCCOC)c1)c1ccco1. The monoisotopic (exact) mass is 375 g/mol. The number of methoxy groups -OCH3 is 1. The fraction of sp³-hybridized carbons (Fsp3) is 0.450. The second kappa shape index (κ2) is 11.3. The highest BCUT2D eigenvalue weighted by molar-refractivity contribution is 5.89. The van der Waals surface area contributed by atoms with Gasteiger partial charge in [0.15, 0.2) is 0 Å². The number of anilines is 1. The smallest absolute Gasteiger partial charge is 0.319 e. The molecule has 0 fully saturated rings. The Morgan fingerprint density at radius 2 is 2.00 bits per heavy atom. The highest BCUT2D eigenvalue weighted by Gasteiger charge is 2.21. The summed E-state index contributed by atoms with van der Waals surface area (Å²) in [5, 5.41) is 5.77. The zero-order chi connectivity index (χ0) is 19.5. The minimum Gasteiger partial charge on any atom is -0.491 e. The van der Waals surface area contributed by atoms with Crippen LogP contribution in [-0.2, 0) is 4.74 Å². The molecule has 0 radical (unpaired) electrons. The fourth-order valence-electron chi connectivity index (χ4n) is 2.83. The summed E-state index contributed by atoms with van der Waals surface area (Å²) in [6.45, 7) is 7.34. The van der Waals surface area contributed by atoms with Gasteiger partial charge in [0.25, 0.3) is 0 Å². The zero-order valence-electron chi connectivity index (χ0n) is 16.2. The summed E-state index contributed by atoms with van der Waals surface area (Å²) in [6.07, 6.45) is 1.65. The van der Waals surface area contributed by atoms with Gasteiger partial charge >= 0.3 is 6.03 Å². The molecular weight excluding hydrogens is 346 g/mol. The maximum atomic E-state index is 12.3. The van der Waals surface area contributed by atoms with Crippen LogP contribution in [0.3, 0.4) is 0 Å². The van der Waals surface area contributed by atoms with Gasteiger partial charge in [0.1, 0.15) is 18.1 Å². The lowest BCUT2D eigenvalue weighted by Crippen LogP contribution is -2.39. The first-order chi connectivity index (χ1) is 13.2. The molecule has 1 aromatic carbocycles. The van der Waals surface area contributed by atoms with Gasteiger partial charge in [-0.1, -0.05) is 19.9 Å². The summed E-state index contributed by atoms with van der Waals surface area (Å²) in [5.41, 5.74) is 0.666. The molecule has 2 amide bonds. The van der Waals surface area contributed by atoms with Crippen molar-refractivity contribution in [1.29, 1.82) is 0 Å². The van der Waals surface area contributed by atoms with Crippen LogP contribution in [0.2, 0.25) is 0 Å². The molecular formula is C20H29N3O4. The van der Waals surface area contributed by atoms with Gasteiger partial charge in [-0.3, -0.25) is 4.90 Å². The first-order valence-corrected chi connectivity index (χ1v) is 9.22. The standard InChI is InChI=1S/C20H29N3O4/c1-4-23(5-2)18(19-10-7-11-27-19)15-21-20(24)22-16-8-6-9-17(14-16)26-13-12-25-3/h6-11,14,18H,4-5,12-13,15H2,1-3H3,(H2,21,22,24). The summed E-state index contributed by atoms with van der Waals surface area (Å²) in [5.74, 6) is 1.52. The maximum absolute atomic E-state index is 12.3. The molecule has 0 saturated carbocycles. The largest absolute Gasteiger partial charge is 0.491 e. The average Bonchev–Trinajstić information content (AvgIpc) is 3.20. The molecule has 0 aliphatic heterocycles. The lowest BCUT2D eigenvalue weighted by atomic mass is 10.2. The summed E-state index contributed by atoms with van der Waals surface area (Å²) < 4.78 is 16.1. The molecule has 0 spiro atoms. The third kappa shape index (κ3) is 6.62. The van der Waals surface area contributed by atoms with E-state index in [1.54, 1.807) is 19.4 Å². The lowest BCUT2D eigenvalue weighted by molar-refractivity contribution is 0.146. The Labute approximate surface area is 160 Å². The minimum absolute atomic E-state index is 0.00976. The van der Waals surface area contributed by atoms with Crippen molar-refractivity contribution < 1.29 is 18.7 Å². The van der Waals surface area contributed by atoms with E-state index in [4.69, 9.17) is 13.9 Å². The number of hydrogen-bond donors (Lipinski definition) is 2. The highest BCUT2D eigenvalue weighted by atomic mass is 16.5. The third-order valence-electron chi connectivity index (χ3n) is 4.23.